The van der Waals surface area contributed by atoms with Crippen LogP contribution in [0.5, 0.6) is 5.75 Å². The number of aryl methyl sites for hydroxylation is 2. The second-order valence-electron chi connectivity index (χ2n) is 5.61. The van der Waals surface area contributed by atoms with Crippen molar-refractivity contribution in [2.45, 2.75) is 26.8 Å². The van der Waals surface area contributed by atoms with Gasteiger partial charge in [-0.2, -0.15) is 0 Å². The standard InChI is InChI=1S/C19H26N4O2.HI/c1-5-12-24-18-9-7-6-8-16(18)13-22-19(20-4)21-11-10-17-14(2)23-25-15(17)3;/h5-9H,1,10-13H2,2-4H3,(H2,20,21,22);1H. The van der Waals surface area contributed by atoms with E-state index in [-0.39, 0.29) is 24.0 Å². The maximum Gasteiger partial charge on any atom is 0.191 e. The summed E-state index contributed by atoms with van der Waals surface area (Å²) in [6, 6.07) is 7.93. The topological polar surface area (TPSA) is 71.7 Å². The van der Waals surface area contributed by atoms with E-state index in [1.807, 2.05) is 38.1 Å². The van der Waals surface area contributed by atoms with Gasteiger partial charge in [-0.25, -0.2) is 0 Å². The number of aliphatic imine (C=N–C) groups is 1. The maximum atomic E-state index is 5.67. The van der Waals surface area contributed by atoms with Crippen LogP contribution in [0.1, 0.15) is 22.6 Å². The number of hydrogen-bond acceptors (Lipinski definition) is 4. The number of aromatic nitrogens is 1. The number of nitrogens with one attached hydrogen (secondary N) is 2. The molecule has 0 amide bonds. The van der Waals surface area contributed by atoms with E-state index in [1.54, 1.807) is 13.1 Å². The summed E-state index contributed by atoms with van der Waals surface area (Å²) in [6.07, 6.45) is 2.57. The third-order valence-electron chi connectivity index (χ3n) is 3.85. The van der Waals surface area contributed by atoms with E-state index in [2.05, 4.69) is 27.4 Å². The smallest absolute Gasteiger partial charge is 0.191 e. The molecular formula is C19H27IN4O2. The van der Waals surface area contributed by atoms with Crippen LogP contribution in [0, 0.1) is 13.8 Å². The molecule has 0 aliphatic rings. The first-order valence-electron chi connectivity index (χ1n) is 8.33. The Bertz CT molecular complexity index is 709. The quantitative estimate of drug-likeness (QED) is 0.268. The fourth-order valence-electron chi connectivity index (χ4n) is 2.50. The fraction of sp³-hybridized carbons (Fsp3) is 0.368. The van der Waals surface area contributed by atoms with Gasteiger partial charge in [0.15, 0.2) is 5.96 Å². The molecule has 0 saturated heterocycles. The Balaban J connectivity index is 0.00000338. The van der Waals surface area contributed by atoms with Crippen molar-refractivity contribution in [3.05, 3.63) is 59.5 Å². The number of guanidine groups is 1. The first-order chi connectivity index (χ1) is 12.2. The van der Waals surface area contributed by atoms with Gasteiger partial charge in [-0.3, -0.25) is 4.99 Å². The lowest BCUT2D eigenvalue weighted by Gasteiger charge is -2.14. The predicted molar refractivity (Wildman–Crippen MR) is 115 cm³/mol. The molecule has 2 N–H and O–H groups in total. The minimum absolute atomic E-state index is 0. The molecule has 2 aromatic rings. The minimum atomic E-state index is 0. The van der Waals surface area contributed by atoms with Gasteiger partial charge in [-0.1, -0.05) is 36.0 Å². The van der Waals surface area contributed by atoms with E-state index in [4.69, 9.17) is 9.26 Å². The molecule has 0 saturated carbocycles. The SMILES string of the molecule is C=CCOc1ccccc1CNC(=NC)NCCc1c(C)noc1C.I. The highest BCUT2D eigenvalue weighted by molar-refractivity contribution is 14.0. The summed E-state index contributed by atoms with van der Waals surface area (Å²) in [5, 5.41) is 10.6. The van der Waals surface area contributed by atoms with Crippen LogP contribution in [0.3, 0.4) is 0 Å². The lowest BCUT2D eigenvalue weighted by atomic mass is 10.1. The summed E-state index contributed by atoms with van der Waals surface area (Å²) in [7, 11) is 1.76. The lowest BCUT2D eigenvalue weighted by molar-refractivity contribution is 0.358. The first kappa shape index (κ1) is 22.0. The number of para-hydroxylation sites is 1. The summed E-state index contributed by atoms with van der Waals surface area (Å²) in [4.78, 5) is 4.26. The summed E-state index contributed by atoms with van der Waals surface area (Å²) >= 11 is 0. The molecule has 0 aliphatic carbocycles. The van der Waals surface area contributed by atoms with Crippen molar-refractivity contribution < 1.29 is 9.26 Å². The van der Waals surface area contributed by atoms with Crippen LogP contribution in [0.25, 0.3) is 0 Å². The molecule has 0 fully saturated rings. The van der Waals surface area contributed by atoms with Crippen molar-refractivity contribution in [1.82, 2.24) is 15.8 Å². The van der Waals surface area contributed by atoms with Gasteiger partial charge in [-0.05, 0) is 26.3 Å². The van der Waals surface area contributed by atoms with Crippen molar-refractivity contribution in [2.75, 3.05) is 20.2 Å². The minimum Gasteiger partial charge on any atom is -0.489 e. The van der Waals surface area contributed by atoms with Crippen LogP contribution in [-0.2, 0) is 13.0 Å². The van der Waals surface area contributed by atoms with E-state index >= 15 is 0 Å². The Kier molecular flexibility index (Phi) is 9.79. The Morgan fingerprint density at radius 3 is 2.73 bits per heavy atom. The first-order valence-corrected chi connectivity index (χ1v) is 8.33. The molecule has 26 heavy (non-hydrogen) atoms. The van der Waals surface area contributed by atoms with Crippen LogP contribution in [-0.4, -0.2) is 31.3 Å². The summed E-state index contributed by atoms with van der Waals surface area (Å²) in [5.74, 6) is 2.46. The Morgan fingerprint density at radius 2 is 2.08 bits per heavy atom. The third kappa shape index (κ3) is 6.36. The lowest BCUT2D eigenvalue weighted by Crippen LogP contribution is -2.38. The van der Waals surface area contributed by atoms with Crippen LogP contribution in [0.15, 0.2) is 46.4 Å². The highest BCUT2D eigenvalue weighted by atomic mass is 127. The van der Waals surface area contributed by atoms with Crippen molar-refractivity contribution in [3.8, 4) is 5.75 Å². The number of rotatable bonds is 8. The van der Waals surface area contributed by atoms with Crippen molar-refractivity contribution in [1.29, 1.82) is 0 Å². The molecule has 0 bridgehead atoms. The molecule has 0 radical (unpaired) electrons. The van der Waals surface area contributed by atoms with Gasteiger partial charge in [0.25, 0.3) is 0 Å². The van der Waals surface area contributed by atoms with E-state index in [1.165, 1.54) is 0 Å². The molecule has 142 valence electrons. The van der Waals surface area contributed by atoms with Crippen LogP contribution in [0.2, 0.25) is 0 Å². The third-order valence-corrected chi connectivity index (χ3v) is 3.85. The molecule has 1 aromatic carbocycles. The number of nitrogens with zero attached hydrogens (tertiary/aromatic N) is 2. The molecule has 1 heterocycles. The fourth-order valence-corrected chi connectivity index (χ4v) is 2.50. The van der Waals surface area contributed by atoms with Gasteiger partial charge in [0, 0.05) is 31.3 Å². The zero-order valence-corrected chi connectivity index (χ0v) is 17.9. The van der Waals surface area contributed by atoms with E-state index in [0.29, 0.717) is 13.2 Å². The van der Waals surface area contributed by atoms with Crippen LogP contribution < -0.4 is 15.4 Å². The van der Waals surface area contributed by atoms with Crippen molar-refractivity contribution in [2.24, 2.45) is 4.99 Å². The second kappa shape index (κ2) is 11.6. The van der Waals surface area contributed by atoms with Gasteiger partial charge in [0.1, 0.15) is 18.1 Å². The number of ether oxygens (including phenoxy) is 1. The van der Waals surface area contributed by atoms with Crippen LogP contribution in [0.4, 0.5) is 0 Å². The molecule has 7 heteroatoms. The zero-order chi connectivity index (χ0) is 18.1. The Morgan fingerprint density at radius 1 is 1.31 bits per heavy atom. The highest BCUT2D eigenvalue weighted by Crippen LogP contribution is 2.17. The van der Waals surface area contributed by atoms with E-state index in [9.17, 15) is 0 Å². The van der Waals surface area contributed by atoms with Crippen molar-refractivity contribution >= 4 is 29.9 Å². The molecular weight excluding hydrogens is 443 g/mol. The summed E-state index contributed by atoms with van der Waals surface area (Å²) in [5.41, 5.74) is 3.15. The highest BCUT2D eigenvalue weighted by Gasteiger charge is 2.09. The van der Waals surface area contributed by atoms with Crippen LogP contribution >= 0.6 is 24.0 Å². The molecule has 0 atom stereocenters. The van der Waals surface area contributed by atoms with Gasteiger partial charge in [-0.15, -0.1) is 24.0 Å². The number of benzene rings is 1. The summed E-state index contributed by atoms with van der Waals surface area (Å²) in [6.45, 7) is 9.43. The Hall–Kier alpha value is -2.03. The van der Waals surface area contributed by atoms with E-state index < -0.39 is 0 Å². The molecule has 6 nitrogen and oxygen atoms in total. The molecule has 2 rings (SSSR count). The zero-order valence-electron chi connectivity index (χ0n) is 15.5. The molecule has 0 unspecified atom stereocenters. The average Bonchev–Trinajstić information content (AvgIpc) is 2.95. The normalized spacial score (nSPS) is 10.8. The van der Waals surface area contributed by atoms with Gasteiger partial charge < -0.3 is 19.9 Å². The molecule has 0 aliphatic heterocycles. The predicted octanol–water partition coefficient (Wildman–Crippen LogP) is 3.38. The van der Waals surface area contributed by atoms with Gasteiger partial charge in [0.2, 0.25) is 0 Å². The van der Waals surface area contributed by atoms with Gasteiger partial charge >= 0.3 is 0 Å². The van der Waals surface area contributed by atoms with Gasteiger partial charge in [0.05, 0.1) is 5.69 Å². The Labute approximate surface area is 172 Å². The monoisotopic (exact) mass is 470 g/mol. The maximum absolute atomic E-state index is 5.67. The van der Waals surface area contributed by atoms with Crippen molar-refractivity contribution in [3.63, 3.8) is 0 Å². The van der Waals surface area contributed by atoms with E-state index in [0.717, 1.165) is 47.3 Å². The largest absolute Gasteiger partial charge is 0.489 e. The molecule has 1 aromatic heterocycles. The molecule has 0 spiro atoms. The second-order valence-corrected chi connectivity index (χ2v) is 5.61. The average molecular weight is 470 g/mol. The summed E-state index contributed by atoms with van der Waals surface area (Å²) < 4.78 is 10.9. The number of hydrogen-bond donors (Lipinski definition) is 2. The number of halogens is 1.